The molecule has 0 saturated heterocycles. The fraction of sp³-hybridized carbons (Fsp3) is 0.0625. The van der Waals surface area contributed by atoms with Crippen molar-refractivity contribution in [2.45, 2.75) is 6.61 Å². The smallest absolute Gasteiger partial charge is 0.472 e. The summed E-state index contributed by atoms with van der Waals surface area (Å²) in [7, 11) is -1.48. The van der Waals surface area contributed by atoms with Crippen LogP contribution in [-0.2, 0) is 6.61 Å². The van der Waals surface area contributed by atoms with Crippen molar-refractivity contribution in [3.05, 3.63) is 59.8 Å². The average Bonchev–Trinajstić information content (AvgIpc) is 2.59. The minimum atomic E-state index is -1.48. The molecule has 2 N–H and O–H groups in total. The third-order valence-corrected chi connectivity index (χ3v) is 3.31. The Morgan fingerprint density at radius 1 is 1.09 bits per heavy atom. The lowest BCUT2D eigenvalue weighted by molar-refractivity contribution is 0.294. The summed E-state index contributed by atoms with van der Waals surface area (Å²) < 4.78 is 5.59. The molecule has 0 bridgehead atoms. The molecule has 0 aliphatic heterocycles. The van der Waals surface area contributed by atoms with Gasteiger partial charge in [-0.15, -0.1) is 0 Å². The van der Waals surface area contributed by atoms with Gasteiger partial charge in [0.1, 0.15) is 6.61 Å². The fourth-order valence-electron chi connectivity index (χ4n) is 2.08. The zero-order chi connectivity index (χ0) is 16.2. The molecule has 0 amide bonds. The van der Waals surface area contributed by atoms with Crippen molar-refractivity contribution >= 4 is 23.6 Å². The molecule has 0 aliphatic carbocycles. The van der Waals surface area contributed by atoms with Gasteiger partial charge in [-0.25, -0.2) is 9.97 Å². The van der Waals surface area contributed by atoms with Crippen LogP contribution in [0.2, 0.25) is 0 Å². The zero-order valence-corrected chi connectivity index (χ0v) is 12.0. The van der Waals surface area contributed by atoms with Crippen LogP contribution in [0.4, 0.5) is 0 Å². The third-order valence-electron chi connectivity index (χ3n) is 3.31. The maximum Gasteiger partial charge on any atom is 0.488 e. The number of benzene rings is 2. The van der Waals surface area contributed by atoms with Gasteiger partial charge in [-0.3, -0.25) is 0 Å². The first kappa shape index (κ1) is 15.0. The molecule has 23 heavy (non-hydrogen) atoms. The highest BCUT2D eigenvalue weighted by molar-refractivity contribution is 6.58. The lowest BCUT2D eigenvalue weighted by Gasteiger charge is -2.07. The SMILES string of the molecule is N#Cc1ccc2nc(OCc3ccc(B(O)O)cc3)cnc2c1. The van der Waals surface area contributed by atoms with Crippen LogP contribution in [0.15, 0.2) is 48.7 Å². The molecule has 6 nitrogen and oxygen atoms in total. The van der Waals surface area contributed by atoms with E-state index in [1.54, 1.807) is 42.5 Å². The molecule has 0 saturated carbocycles. The second-order valence-corrected chi connectivity index (χ2v) is 4.93. The molecule has 0 aliphatic rings. The molecule has 0 unspecified atom stereocenters. The van der Waals surface area contributed by atoms with Crippen LogP contribution >= 0.6 is 0 Å². The van der Waals surface area contributed by atoms with E-state index in [0.717, 1.165) is 5.56 Å². The Hall–Kier alpha value is -2.95. The van der Waals surface area contributed by atoms with E-state index in [4.69, 9.17) is 20.0 Å². The number of ether oxygens (including phenoxy) is 1. The van der Waals surface area contributed by atoms with Crippen LogP contribution in [0, 0.1) is 11.3 Å². The molecule has 1 heterocycles. The van der Waals surface area contributed by atoms with Gasteiger partial charge in [-0.2, -0.15) is 5.26 Å². The minimum Gasteiger partial charge on any atom is -0.472 e. The Morgan fingerprint density at radius 2 is 1.87 bits per heavy atom. The number of aromatic nitrogens is 2. The molecular weight excluding hydrogens is 293 g/mol. The maximum absolute atomic E-state index is 9.05. The van der Waals surface area contributed by atoms with Gasteiger partial charge in [-0.05, 0) is 29.2 Å². The molecule has 3 rings (SSSR count). The van der Waals surface area contributed by atoms with E-state index in [-0.39, 0.29) is 6.61 Å². The summed E-state index contributed by atoms with van der Waals surface area (Å²) >= 11 is 0. The first-order valence-corrected chi connectivity index (χ1v) is 6.90. The summed E-state index contributed by atoms with van der Waals surface area (Å²) in [6.07, 6.45) is 1.51. The van der Waals surface area contributed by atoms with E-state index in [9.17, 15) is 0 Å². The van der Waals surface area contributed by atoms with E-state index in [2.05, 4.69) is 16.0 Å². The van der Waals surface area contributed by atoms with Gasteiger partial charge in [0.25, 0.3) is 0 Å². The predicted molar refractivity (Wildman–Crippen MR) is 84.9 cm³/mol. The molecule has 112 valence electrons. The number of fused-ring (bicyclic) bond motifs is 1. The summed E-state index contributed by atoms with van der Waals surface area (Å²) in [4.78, 5) is 8.57. The lowest BCUT2D eigenvalue weighted by Crippen LogP contribution is -2.29. The first-order valence-electron chi connectivity index (χ1n) is 6.90. The van der Waals surface area contributed by atoms with Crippen LogP contribution < -0.4 is 10.2 Å². The number of hydrogen-bond donors (Lipinski definition) is 2. The number of nitriles is 1. The molecular formula is C16H12BN3O3. The summed E-state index contributed by atoms with van der Waals surface area (Å²) in [6, 6.07) is 13.9. The molecule has 0 radical (unpaired) electrons. The summed E-state index contributed by atoms with van der Waals surface area (Å²) in [5, 5.41) is 27.0. The standard InChI is InChI=1S/C16H12BN3O3/c18-8-12-3-6-14-15(7-12)19-9-16(20-14)23-10-11-1-4-13(5-2-11)17(21)22/h1-7,9,21-22H,10H2. The van der Waals surface area contributed by atoms with Crippen molar-refractivity contribution in [3.8, 4) is 11.9 Å². The van der Waals surface area contributed by atoms with Gasteiger partial charge in [-0.1, -0.05) is 24.3 Å². The van der Waals surface area contributed by atoms with Crippen LogP contribution in [0.1, 0.15) is 11.1 Å². The number of hydrogen-bond acceptors (Lipinski definition) is 6. The highest BCUT2D eigenvalue weighted by Crippen LogP contribution is 2.16. The Kier molecular flexibility index (Phi) is 4.19. The van der Waals surface area contributed by atoms with E-state index in [1.807, 2.05) is 0 Å². The second-order valence-electron chi connectivity index (χ2n) is 4.93. The molecule has 0 spiro atoms. The van der Waals surface area contributed by atoms with Gasteiger partial charge in [0.15, 0.2) is 0 Å². The molecule has 0 atom stereocenters. The highest BCUT2D eigenvalue weighted by atomic mass is 16.5. The van der Waals surface area contributed by atoms with Gasteiger partial charge in [0.2, 0.25) is 5.88 Å². The fourth-order valence-corrected chi connectivity index (χ4v) is 2.08. The minimum absolute atomic E-state index is 0.290. The Bertz CT molecular complexity index is 876. The van der Waals surface area contributed by atoms with Gasteiger partial charge in [0, 0.05) is 0 Å². The third kappa shape index (κ3) is 3.45. The summed E-state index contributed by atoms with van der Waals surface area (Å²) in [5.74, 6) is 0.383. The van der Waals surface area contributed by atoms with Crippen LogP contribution in [0.25, 0.3) is 11.0 Å². The zero-order valence-electron chi connectivity index (χ0n) is 12.0. The summed E-state index contributed by atoms with van der Waals surface area (Å²) in [6.45, 7) is 0.290. The second kappa shape index (κ2) is 6.44. The van der Waals surface area contributed by atoms with Crippen molar-refractivity contribution in [2.24, 2.45) is 0 Å². The Balaban J connectivity index is 1.73. The van der Waals surface area contributed by atoms with Crippen molar-refractivity contribution in [3.63, 3.8) is 0 Å². The monoisotopic (exact) mass is 305 g/mol. The van der Waals surface area contributed by atoms with Crippen molar-refractivity contribution in [1.82, 2.24) is 9.97 Å². The molecule has 7 heteroatoms. The van der Waals surface area contributed by atoms with Crippen LogP contribution in [0.3, 0.4) is 0 Å². The molecule has 2 aromatic carbocycles. The van der Waals surface area contributed by atoms with Crippen LogP contribution in [-0.4, -0.2) is 27.1 Å². The Morgan fingerprint density at radius 3 is 2.57 bits per heavy atom. The topological polar surface area (TPSA) is 99.3 Å². The van der Waals surface area contributed by atoms with Gasteiger partial charge in [0.05, 0.1) is 28.9 Å². The maximum atomic E-state index is 9.05. The first-order chi connectivity index (χ1) is 11.2. The molecule has 0 fully saturated rings. The highest BCUT2D eigenvalue weighted by Gasteiger charge is 2.10. The largest absolute Gasteiger partial charge is 0.488 e. The number of nitrogens with zero attached hydrogens (tertiary/aromatic N) is 3. The predicted octanol–water partition coefficient (Wildman–Crippen LogP) is 0.760. The van der Waals surface area contributed by atoms with Gasteiger partial charge < -0.3 is 14.8 Å². The van der Waals surface area contributed by atoms with E-state index < -0.39 is 7.12 Å². The quantitative estimate of drug-likeness (QED) is 0.690. The Labute approximate surface area is 132 Å². The molecule has 3 aromatic rings. The van der Waals surface area contributed by atoms with E-state index in [0.29, 0.717) is 27.9 Å². The van der Waals surface area contributed by atoms with Crippen molar-refractivity contribution in [2.75, 3.05) is 0 Å². The van der Waals surface area contributed by atoms with E-state index in [1.165, 1.54) is 6.20 Å². The normalized spacial score (nSPS) is 10.3. The van der Waals surface area contributed by atoms with Crippen molar-refractivity contribution in [1.29, 1.82) is 5.26 Å². The molecule has 1 aromatic heterocycles. The van der Waals surface area contributed by atoms with Crippen LogP contribution in [0.5, 0.6) is 5.88 Å². The van der Waals surface area contributed by atoms with E-state index >= 15 is 0 Å². The summed E-state index contributed by atoms with van der Waals surface area (Å²) in [5.41, 5.74) is 3.12. The van der Waals surface area contributed by atoms with Crippen molar-refractivity contribution < 1.29 is 14.8 Å². The number of rotatable bonds is 4. The lowest BCUT2D eigenvalue weighted by atomic mass is 9.80. The average molecular weight is 305 g/mol. The van der Waals surface area contributed by atoms with Gasteiger partial charge >= 0.3 is 7.12 Å².